The zero-order chi connectivity index (χ0) is 28.9. The van der Waals surface area contributed by atoms with Crippen LogP contribution in [0.5, 0.6) is 5.75 Å². The number of carbonyl (C=O) groups excluding carboxylic acids is 2. The van der Waals surface area contributed by atoms with E-state index >= 15 is 0 Å². The highest BCUT2D eigenvalue weighted by molar-refractivity contribution is 6.46. The molecular formula is C32H32Cl2N2O5. The molecule has 7 nitrogen and oxygen atoms in total. The number of ketones is 1. The van der Waals surface area contributed by atoms with Crippen LogP contribution in [-0.2, 0) is 20.9 Å². The van der Waals surface area contributed by atoms with Crippen LogP contribution < -0.4 is 4.74 Å². The Bertz CT molecular complexity index is 1450. The lowest BCUT2D eigenvalue weighted by atomic mass is 9.95. The number of Topliss-reactive ketones (excluding diaryl/α,β-unsaturated/α-hetero) is 1. The molecule has 2 aliphatic rings. The molecule has 0 radical (unpaired) electrons. The van der Waals surface area contributed by atoms with E-state index in [0.717, 1.165) is 30.8 Å². The lowest BCUT2D eigenvalue weighted by Crippen LogP contribution is -2.38. The molecule has 0 aromatic heterocycles. The summed E-state index contributed by atoms with van der Waals surface area (Å²) in [6.45, 7) is 6.58. The highest BCUT2D eigenvalue weighted by Crippen LogP contribution is 2.41. The average Bonchev–Trinajstić information content (AvgIpc) is 3.23. The Kier molecular flexibility index (Phi) is 9.30. The van der Waals surface area contributed by atoms with Crippen LogP contribution in [0.15, 0.2) is 72.3 Å². The standard InChI is InChI=1S/C32H32Cl2N2O5/c1-21-4-2-5-22(18-21)20-41-25-9-6-23(7-10-25)30(37)28-29(24-8-11-26(33)27(34)19-24)36(32(39)31(28)38)13-3-12-35-14-16-40-17-15-35/h2,4-11,18-19,29,37H,3,12-17,20H2,1H3. The number of carbonyl (C=O) groups is 2. The van der Waals surface area contributed by atoms with Crippen molar-refractivity contribution in [3.8, 4) is 5.75 Å². The molecule has 1 amide bonds. The third-order valence-corrected chi connectivity index (χ3v) is 8.13. The maximum Gasteiger partial charge on any atom is 0.295 e. The summed E-state index contributed by atoms with van der Waals surface area (Å²) in [6, 6.07) is 19.1. The number of rotatable bonds is 9. The number of ether oxygens (including phenoxy) is 2. The maximum absolute atomic E-state index is 13.4. The second-order valence-electron chi connectivity index (χ2n) is 10.3. The predicted octanol–water partition coefficient (Wildman–Crippen LogP) is 6.02. The minimum atomic E-state index is -0.799. The minimum absolute atomic E-state index is 0.0215. The van der Waals surface area contributed by atoms with Gasteiger partial charge in [0.15, 0.2) is 0 Å². The molecule has 1 atom stereocenters. The molecule has 3 aromatic carbocycles. The summed E-state index contributed by atoms with van der Waals surface area (Å²) in [7, 11) is 0. The number of halogens is 2. The maximum atomic E-state index is 13.4. The fourth-order valence-electron chi connectivity index (χ4n) is 5.26. The molecule has 9 heteroatoms. The first-order valence-corrected chi connectivity index (χ1v) is 14.4. The van der Waals surface area contributed by atoms with E-state index in [1.54, 1.807) is 42.5 Å². The number of aryl methyl sites for hydroxylation is 1. The zero-order valence-electron chi connectivity index (χ0n) is 22.8. The molecule has 0 aliphatic carbocycles. The van der Waals surface area contributed by atoms with Gasteiger partial charge in [-0.05, 0) is 60.9 Å². The smallest absolute Gasteiger partial charge is 0.295 e. The summed E-state index contributed by atoms with van der Waals surface area (Å²) in [5, 5.41) is 12.1. The van der Waals surface area contributed by atoms with Gasteiger partial charge >= 0.3 is 0 Å². The summed E-state index contributed by atoms with van der Waals surface area (Å²) >= 11 is 12.5. The van der Waals surface area contributed by atoms with Gasteiger partial charge in [0.25, 0.3) is 11.7 Å². The molecule has 1 unspecified atom stereocenters. The first-order valence-electron chi connectivity index (χ1n) is 13.6. The molecule has 0 spiro atoms. The van der Waals surface area contributed by atoms with E-state index < -0.39 is 17.7 Å². The van der Waals surface area contributed by atoms with Gasteiger partial charge in [-0.1, -0.05) is 59.1 Å². The zero-order valence-corrected chi connectivity index (χ0v) is 24.3. The number of aliphatic hydroxyl groups excluding tert-OH is 1. The van der Waals surface area contributed by atoms with Crippen molar-refractivity contribution in [3.05, 3.63) is 105 Å². The fourth-order valence-corrected chi connectivity index (χ4v) is 5.57. The lowest BCUT2D eigenvalue weighted by Gasteiger charge is -2.29. The number of hydrogen-bond acceptors (Lipinski definition) is 6. The molecule has 0 saturated carbocycles. The third-order valence-electron chi connectivity index (χ3n) is 7.39. The van der Waals surface area contributed by atoms with Gasteiger partial charge in [-0.3, -0.25) is 14.5 Å². The van der Waals surface area contributed by atoms with Gasteiger partial charge in [0.2, 0.25) is 0 Å². The van der Waals surface area contributed by atoms with Crippen molar-refractivity contribution < 1.29 is 24.2 Å². The number of amides is 1. The van der Waals surface area contributed by atoms with E-state index in [1.807, 2.05) is 25.1 Å². The molecule has 1 N–H and O–H groups in total. The minimum Gasteiger partial charge on any atom is -0.507 e. The normalized spacial score (nSPS) is 19.1. The molecule has 2 saturated heterocycles. The van der Waals surface area contributed by atoms with Crippen LogP contribution in [0, 0.1) is 6.92 Å². The number of benzene rings is 3. The molecule has 2 heterocycles. The SMILES string of the molecule is Cc1cccc(COc2ccc(C(O)=C3C(=O)C(=O)N(CCCN4CCOCC4)C3c3ccc(Cl)c(Cl)c3)cc2)c1. The Morgan fingerprint density at radius 3 is 2.44 bits per heavy atom. The van der Waals surface area contributed by atoms with E-state index in [0.29, 0.717) is 59.7 Å². The Balaban J connectivity index is 1.40. The number of aliphatic hydroxyl groups is 1. The molecule has 5 rings (SSSR count). The largest absolute Gasteiger partial charge is 0.507 e. The number of hydrogen-bond donors (Lipinski definition) is 1. The number of nitrogens with zero attached hydrogens (tertiary/aromatic N) is 2. The summed E-state index contributed by atoms with van der Waals surface area (Å²) in [5.74, 6) is -1.01. The van der Waals surface area contributed by atoms with Crippen molar-refractivity contribution in [2.24, 2.45) is 0 Å². The van der Waals surface area contributed by atoms with Crippen LogP contribution in [-0.4, -0.2) is 66.0 Å². The van der Waals surface area contributed by atoms with E-state index in [-0.39, 0.29) is 11.3 Å². The predicted molar refractivity (Wildman–Crippen MR) is 159 cm³/mol. The highest BCUT2D eigenvalue weighted by Gasteiger charge is 2.46. The Labute approximate surface area is 249 Å². The monoisotopic (exact) mass is 594 g/mol. The van der Waals surface area contributed by atoms with E-state index in [4.69, 9.17) is 32.7 Å². The van der Waals surface area contributed by atoms with Crippen LogP contribution in [0.3, 0.4) is 0 Å². The van der Waals surface area contributed by atoms with Crippen molar-refractivity contribution in [2.45, 2.75) is 26.0 Å². The van der Waals surface area contributed by atoms with Crippen molar-refractivity contribution >= 4 is 40.7 Å². The average molecular weight is 596 g/mol. The molecular weight excluding hydrogens is 563 g/mol. The molecule has 214 valence electrons. The Hall–Kier alpha value is -3.36. The first kappa shape index (κ1) is 29.1. The van der Waals surface area contributed by atoms with E-state index in [1.165, 1.54) is 4.90 Å². The highest BCUT2D eigenvalue weighted by atomic mass is 35.5. The lowest BCUT2D eigenvalue weighted by molar-refractivity contribution is -0.140. The van der Waals surface area contributed by atoms with Gasteiger partial charge in [-0.15, -0.1) is 0 Å². The summed E-state index contributed by atoms with van der Waals surface area (Å²) in [5.41, 5.74) is 3.23. The van der Waals surface area contributed by atoms with Crippen molar-refractivity contribution in [3.63, 3.8) is 0 Å². The number of likely N-dealkylation sites (tertiary alicyclic amines) is 1. The Morgan fingerprint density at radius 2 is 1.73 bits per heavy atom. The van der Waals surface area contributed by atoms with Crippen LogP contribution in [0.25, 0.3) is 5.76 Å². The van der Waals surface area contributed by atoms with Crippen LogP contribution in [0.4, 0.5) is 0 Å². The molecule has 3 aromatic rings. The molecule has 41 heavy (non-hydrogen) atoms. The van der Waals surface area contributed by atoms with Crippen molar-refractivity contribution in [2.75, 3.05) is 39.4 Å². The second kappa shape index (κ2) is 13.1. The van der Waals surface area contributed by atoms with Gasteiger partial charge in [-0.2, -0.15) is 0 Å². The number of morpholine rings is 1. The quantitative estimate of drug-likeness (QED) is 0.185. The fraction of sp³-hybridized carbons (Fsp3) is 0.312. The molecule has 2 aliphatic heterocycles. The van der Waals surface area contributed by atoms with Crippen LogP contribution in [0.1, 0.15) is 34.7 Å². The van der Waals surface area contributed by atoms with Gasteiger partial charge in [0.1, 0.15) is 18.1 Å². The second-order valence-corrected chi connectivity index (χ2v) is 11.1. The van der Waals surface area contributed by atoms with E-state index in [9.17, 15) is 14.7 Å². The Morgan fingerprint density at radius 1 is 0.976 bits per heavy atom. The summed E-state index contributed by atoms with van der Waals surface area (Å²) < 4.78 is 11.3. The first-order chi connectivity index (χ1) is 19.8. The molecule has 0 bridgehead atoms. The van der Waals surface area contributed by atoms with Crippen LogP contribution >= 0.6 is 23.2 Å². The van der Waals surface area contributed by atoms with Crippen molar-refractivity contribution in [1.82, 2.24) is 9.80 Å². The molecule has 2 fully saturated rings. The van der Waals surface area contributed by atoms with Gasteiger partial charge in [-0.25, -0.2) is 0 Å². The van der Waals surface area contributed by atoms with E-state index in [2.05, 4.69) is 11.0 Å². The third kappa shape index (κ3) is 6.76. The van der Waals surface area contributed by atoms with Crippen molar-refractivity contribution in [1.29, 1.82) is 0 Å². The van der Waals surface area contributed by atoms with Gasteiger partial charge in [0, 0.05) is 31.7 Å². The summed E-state index contributed by atoms with van der Waals surface area (Å²) in [6.07, 6.45) is 0.665. The van der Waals surface area contributed by atoms with Gasteiger partial charge < -0.3 is 19.5 Å². The van der Waals surface area contributed by atoms with Gasteiger partial charge in [0.05, 0.1) is 34.9 Å². The van der Waals surface area contributed by atoms with Crippen LogP contribution in [0.2, 0.25) is 10.0 Å². The summed E-state index contributed by atoms with van der Waals surface area (Å²) in [4.78, 5) is 30.4. The topological polar surface area (TPSA) is 79.3 Å².